The lowest BCUT2D eigenvalue weighted by molar-refractivity contribution is 0.178. The zero-order chi connectivity index (χ0) is 13.9. The van der Waals surface area contributed by atoms with E-state index in [0.29, 0.717) is 6.42 Å². The van der Waals surface area contributed by atoms with E-state index in [0.717, 1.165) is 26.5 Å². The molecule has 20 heavy (non-hydrogen) atoms. The number of aromatic nitrogens is 1. The Kier molecular flexibility index (Phi) is 3.81. The fraction of sp³-hybridized carbons (Fsp3) is 0.118. The Hall–Kier alpha value is -1.71. The van der Waals surface area contributed by atoms with Crippen LogP contribution in [0.2, 0.25) is 0 Å². The number of hydrogen-bond donors (Lipinski definition) is 1. The van der Waals surface area contributed by atoms with Gasteiger partial charge < -0.3 is 5.11 Å². The molecule has 3 rings (SSSR count). The number of benzene rings is 2. The molecule has 0 saturated carbocycles. The van der Waals surface area contributed by atoms with E-state index in [1.807, 2.05) is 54.6 Å². The monoisotopic (exact) mass is 327 g/mol. The van der Waals surface area contributed by atoms with Crippen LogP contribution in [0.1, 0.15) is 17.2 Å². The van der Waals surface area contributed by atoms with E-state index >= 15 is 0 Å². The molecule has 1 N–H and O–H groups in total. The second-order valence-electron chi connectivity index (χ2n) is 4.81. The van der Waals surface area contributed by atoms with Crippen LogP contribution in [0.3, 0.4) is 0 Å². The van der Waals surface area contributed by atoms with Gasteiger partial charge in [0.25, 0.3) is 0 Å². The van der Waals surface area contributed by atoms with E-state index in [4.69, 9.17) is 0 Å². The summed E-state index contributed by atoms with van der Waals surface area (Å²) < 4.78 is 1.03. The Morgan fingerprint density at radius 2 is 1.95 bits per heavy atom. The van der Waals surface area contributed by atoms with Crippen LogP contribution in [-0.4, -0.2) is 10.1 Å². The normalized spacial score (nSPS) is 12.5. The van der Waals surface area contributed by atoms with Crippen molar-refractivity contribution in [2.75, 3.05) is 0 Å². The molecule has 3 heteroatoms. The number of halogens is 1. The molecule has 0 aliphatic carbocycles. The summed E-state index contributed by atoms with van der Waals surface area (Å²) in [6.45, 7) is 0. The van der Waals surface area contributed by atoms with Crippen molar-refractivity contribution >= 4 is 26.8 Å². The van der Waals surface area contributed by atoms with Gasteiger partial charge in [-0.25, -0.2) is 0 Å². The van der Waals surface area contributed by atoms with Crippen molar-refractivity contribution in [3.63, 3.8) is 0 Å². The zero-order valence-corrected chi connectivity index (χ0v) is 12.4. The average molecular weight is 328 g/mol. The van der Waals surface area contributed by atoms with Gasteiger partial charge in [0.1, 0.15) is 0 Å². The number of rotatable bonds is 3. The van der Waals surface area contributed by atoms with Crippen molar-refractivity contribution in [1.29, 1.82) is 0 Å². The largest absolute Gasteiger partial charge is 0.388 e. The molecular formula is C17H14BrNO. The van der Waals surface area contributed by atoms with Gasteiger partial charge in [-0.2, -0.15) is 0 Å². The van der Waals surface area contributed by atoms with E-state index < -0.39 is 6.10 Å². The smallest absolute Gasteiger partial charge is 0.0830 e. The number of fused-ring (bicyclic) bond motifs is 1. The Morgan fingerprint density at radius 1 is 1.05 bits per heavy atom. The van der Waals surface area contributed by atoms with E-state index in [1.54, 1.807) is 6.20 Å². The van der Waals surface area contributed by atoms with Crippen molar-refractivity contribution in [2.24, 2.45) is 0 Å². The zero-order valence-electron chi connectivity index (χ0n) is 10.8. The molecule has 1 aromatic heterocycles. The van der Waals surface area contributed by atoms with Gasteiger partial charge in [-0.15, -0.1) is 0 Å². The highest BCUT2D eigenvalue weighted by atomic mass is 79.9. The molecule has 100 valence electrons. The van der Waals surface area contributed by atoms with Gasteiger partial charge in [0, 0.05) is 22.5 Å². The third-order valence-corrected chi connectivity index (χ3v) is 3.82. The minimum Gasteiger partial charge on any atom is -0.388 e. The quantitative estimate of drug-likeness (QED) is 0.779. The highest BCUT2D eigenvalue weighted by molar-refractivity contribution is 9.10. The van der Waals surface area contributed by atoms with Crippen LogP contribution in [0.4, 0.5) is 0 Å². The first-order chi connectivity index (χ1) is 9.72. The van der Waals surface area contributed by atoms with Crippen molar-refractivity contribution in [1.82, 2.24) is 4.98 Å². The lowest BCUT2D eigenvalue weighted by Crippen LogP contribution is -2.01. The summed E-state index contributed by atoms with van der Waals surface area (Å²) >= 11 is 3.45. The molecule has 1 heterocycles. The fourth-order valence-electron chi connectivity index (χ4n) is 2.31. The standard InChI is InChI=1S/C17H14BrNO/c18-15-5-1-3-12(9-15)10-17(20)14-6-7-16-13(11-14)4-2-8-19-16/h1-9,11,17,20H,10H2. The molecule has 0 amide bonds. The van der Waals surface area contributed by atoms with E-state index in [9.17, 15) is 5.11 Å². The summed E-state index contributed by atoms with van der Waals surface area (Å²) in [5.74, 6) is 0. The molecule has 0 bridgehead atoms. The summed E-state index contributed by atoms with van der Waals surface area (Å²) in [5.41, 5.74) is 2.98. The lowest BCUT2D eigenvalue weighted by Gasteiger charge is -2.12. The number of nitrogens with zero attached hydrogens (tertiary/aromatic N) is 1. The van der Waals surface area contributed by atoms with Gasteiger partial charge in [-0.05, 0) is 41.5 Å². The minimum atomic E-state index is -0.506. The van der Waals surface area contributed by atoms with Crippen LogP contribution in [0, 0.1) is 0 Å². The highest BCUT2D eigenvalue weighted by Crippen LogP contribution is 2.23. The molecule has 1 atom stereocenters. The van der Waals surface area contributed by atoms with Crippen LogP contribution in [-0.2, 0) is 6.42 Å². The molecule has 0 saturated heterocycles. The van der Waals surface area contributed by atoms with Gasteiger partial charge in [0.2, 0.25) is 0 Å². The Balaban J connectivity index is 1.86. The highest BCUT2D eigenvalue weighted by Gasteiger charge is 2.09. The molecule has 0 radical (unpaired) electrons. The van der Waals surface area contributed by atoms with Crippen LogP contribution in [0.15, 0.2) is 65.3 Å². The van der Waals surface area contributed by atoms with Gasteiger partial charge in [-0.1, -0.05) is 40.2 Å². The van der Waals surface area contributed by atoms with Crippen LogP contribution < -0.4 is 0 Å². The number of aliphatic hydroxyl groups is 1. The van der Waals surface area contributed by atoms with Gasteiger partial charge in [-0.3, -0.25) is 4.98 Å². The first kappa shape index (κ1) is 13.3. The summed E-state index contributed by atoms with van der Waals surface area (Å²) in [7, 11) is 0. The summed E-state index contributed by atoms with van der Waals surface area (Å²) in [6, 6.07) is 17.8. The molecule has 0 aliphatic heterocycles. The van der Waals surface area contributed by atoms with Crippen molar-refractivity contribution < 1.29 is 5.11 Å². The molecule has 0 fully saturated rings. The van der Waals surface area contributed by atoms with Crippen molar-refractivity contribution in [3.8, 4) is 0 Å². The Labute approximate surface area is 126 Å². The summed E-state index contributed by atoms with van der Waals surface area (Å²) in [5, 5.41) is 11.4. The second kappa shape index (κ2) is 5.73. The lowest BCUT2D eigenvalue weighted by atomic mass is 10.00. The first-order valence-corrected chi connectivity index (χ1v) is 7.29. The maximum atomic E-state index is 10.4. The van der Waals surface area contributed by atoms with Crippen molar-refractivity contribution in [3.05, 3.63) is 76.4 Å². The second-order valence-corrected chi connectivity index (χ2v) is 5.72. The summed E-state index contributed by atoms with van der Waals surface area (Å²) in [6.07, 6.45) is 1.87. The molecule has 3 aromatic rings. The molecule has 2 nitrogen and oxygen atoms in total. The van der Waals surface area contributed by atoms with E-state index in [-0.39, 0.29) is 0 Å². The number of pyridine rings is 1. The average Bonchev–Trinajstić information content (AvgIpc) is 2.47. The molecule has 0 aliphatic rings. The predicted molar refractivity (Wildman–Crippen MR) is 84.5 cm³/mol. The van der Waals surface area contributed by atoms with Crippen LogP contribution in [0.25, 0.3) is 10.9 Å². The van der Waals surface area contributed by atoms with Gasteiger partial charge in [0.15, 0.2) is 0 Å². The minimum absolute atomic E-state index is 0.506. The van der Waals surface area contributed by atoms with E-state index in [1.165, 1.54) is 0 Å². The number of hydrogen-bond acceptors (Lipinski definition) is 2. The fourth-order valence-corrected chi connectivity index (χ4v) is 2.75. The van der Waals surface area contributed by atoms with E-state index in [2.05, 4.69) is 20.9 Å². The number of aliphatic hydroxyl groups excluding tert-OH is 1. The van der Waals surface area contributed by atoms with Gasteiger partial charge in [0.05, 0.1) is 11.6 Å². The molecule has 0 spiro atoms. The van der Waals surface area contributed by atoms with Crippen LogP contribution >= 0.6 is 15.9 Å². The maximum Gasteiger partial charge on any atom is 0.0830 e. The topological polar surface area (TPSA) is 33.1 Å². The third kappa shape index (κ3) is 2.89. The Morgan fingerprint density at radius 3 is 2.80 bits per heavy atom. The van der Waals surface area contributed by atoms with Crippen LogP contribution in [0.5, 0.6) is 0 Å². The molecule has 2 aromatic carbocycles. The van der Waals surface area contributed by atoms with Gasteiger partial charge >= 0.3 is 0 Å². The first-order valence-electron chi connectivity index (χ1n) is 6.49. The van der Waals surface area contributed by atoms with Crippen molar-refractivity contribution in [2.45, 2.75) is 12.5 Å². The third-order valence-electron chi connectivity index (χ3n) is 3.33. The molecule has 1 unspecified atom stereocenters. The summed E-state index contributed by atoms with van der Waals surface area (Å²) in [4.78, 5) is 4.29. The maximum absolute atomic E-state index is 10.4. The molecular weight excluding hydrogens is 314 g/mol. The SMILES string of the molecule is OC(Cc1cccc(Br)c1)c1ccc2ncccc2c1. The predicted octanol–water partition coefficient (Wildman–Crippen LogP) is 4.27. The Bertz CT molecular complexity index is 742.